The molecule has 3 rings (SSSR count). The first kappa shape index (κ1) is 19.0. The lowest BCUT2D eigenvalue weighted by Crippen LogP contribution is -2.23. The first-order valence-corrected chi connectivity index (χ1v) is 9.28. The van der Waals surface area contributed by atoms with Crippen LogP contribution in [0.25, 0.3) is 10.2 Å². The molecule has 0 bridgehead atoms. The number of aryl methyl sites for hydroxylation is 2. The van der Waals surface area contributed by atoms with Crippen LogP contribution >= 0.6 is 11.3 Å². The van der Waals surface area contributed by atoms with Crippen LogP contribution in [0.1, 0.15) is 16.1 Å². The molecule has 3 aromatic rings. The van der Waals surface area contributed by atoms with Gasteiger partial charge in [-0.05, 0) is 37.6 Å². The van der Waals surface area contributed by atoms with Crippen molar-refractivity contribution in [2.45, 2.75) is 20.5 Å². The molecule has 0 unspecified atom stereocenters. The van der Waals surface area contributed by atoms with Gasteiger partial charge >= 0.3 is 5.97 Å². The van der Waals surface area contributed by atoms with E-state index in [1.54, 1.807) is 0 Å². The molecule has 140 valence electrons. The Morgan fingerprint density at radius 3 is 2.70 bits per heavy atom. The van der Waals surface area contributed by atoms with Crippen LogP contribution < -0.4 is 5.32 Å². The second-order valence-corrected chi connectivity index (χ2v) is 7.21. The monoisotopic (exact) mass is 384 g/mol. The number of anilines is 1. The number of carbonyl (C=O) groups excluding carboxylic acids is 2. The summed E-state index contributed by atoms with van der Waals surface area (Å²) in [5, 5.41) is 3.51. The average Bonchev–Trinajstić information content (AvgIpc) is 3.05. The van der Waals surface area contributed by atoms with Gasteiger partial charge in [0.1, 0.15) is 11.6 Å². The van der Waals surface area contributed by atoms with Crippen LogP contribution in [0.15, 0.2) is 42.5 Å². The van der Waals surface area contributed by atoms with E-state index in [1.807, 2.05) is 56.3 Å². The number of hydrogen-bond donors (Lipinski definition) is 1. The molecule has 7 heteroatoms. The number of nitrogens with zero attached hydrogens (tertiary/aromatic N) is 1. The molecule has 0 atom stereocenters. The van der Waals surface area contributed by atoms with Crippen molar-refractivity contribution < 1.29 is 19.1 Å². The number of ether oxygens (including phenoxy) is 2. The number of hydrogen-bond acceptors (Lipinski definition) is 6. The summed E-state index contributed by atoms with van der Waals surface area (Å²) in [7, 11) is 0. The number of carbonyl (C=O) groups is 2. The minimum Gasteiger partial charge on any atom is -0.454 e. The zero-order chi connectivity index (χ0) is 19.2. The predicted octanol–water partition coefficient (Wildman–Crippen LogP) is 3.61. The SMILES string of the molecule is Cc1ccc(NC(=O)COC(=O)COCc2nc3ccccc3s2)c(C)c1. The van der Waals surface area contributed by atoms with Gasteiger partial charge < -0.3 is 14.8 Å². The molecule has 2 aromatic carbocycles. The summed E-state index contributed by atoms with van der Waals surface area (Å²) >= 11 is 1.52. The van der Waals surface area contributed by atoms with Crippen LogP contribution in [0.2, 0.25) is 0 Å². The van der Waals surface area contributed by atoms with Crippen LogP contribution in [0.4, 0.5) is 5.69 Å². The van der Waals surface area contributed by atoms with E-state index in [9.17, 15) is 9.59 Å². The molecule has 0 radical (unpaired) electrons. The van der Waals surface area contributed by atoms with Crippen LogP contribution in [-0.2, 0) is 25.7 Å². The Morgan fingerprint density at radius 1 is 1.11 bits per heavy atom. The van der Waals surface area contributed by atoms with Gasteiger partial charge in [-0.1, -0.05) is 29.8 Å². The summed E-state index contributed by atoms with van der Waals surface area (Å²) in [5.74, 6) is -0.978. The highest BCUT2D eigenvalue weighted by Gasteiger charge is 2.10. The molecule has 0 fully saturated rings. The minimum absolute atomic E-state index is 0.225. The smallest absolute Gasteiger partial charge is 0.332 e. The third-order valence-electron chi connectivity index (χ3n) is 3.80. The number of benzene rings is 2. The molecule has 6 nitrogen and oxygen atoms in total. The number of amides is 1. The molecule has 1 amide bonds. The number of esters is 1. The summed E-state index contributed by atoms with van der Waals surface area (Å²) in [4.78, 5) is 28.1. The average molecular weight is 384 g/mol. The number of aromatic nitrogens is 1. The summed E-state index contributed by atoms with van der Waals surface area (Å²) in [5.41, 5.74) is 3.68. The van der Waals surface area contributed by atoms with Gasteiger partial charge in [0.15, 0.2) is 6.61 Å². The topological polar surface area (TPSA) is 77.5 Å². The molecule has 1 aromatic heterocycles. The molecule has 0 saturated carbocycles. The molecular formula is C20H20N2O4S. The van der Waals surface area contributed by atoms with Crippen molar-refractivity contribution in [2.75, 3.05) is 18.5 Å². The summed E-state index contributed by atoms with van der Waals surface area (Å²) in [6, 6.07) is 13.5. The molecule has 0 aliphatic rings. The van der Waals surface area contributed by atoms with Crippen molar-refractivity contribution in [3.63, 3.8) is 0 Å². The van der Waals surface area contributed by atoms with Gasteiger partial charge in [0.25, 0.3) is 5.91 Å². The number of rotatable bonds is 7. The lowest BCUT2D eigenvalue weighted by molar-refractivity contribution is -0.152. The molecule has 0 saturated heterocycles. The fourth-order valence-electron chi connectivity index (χ4n) is 2.53. The molecule has 0 spiro atoms. The van der Waals surface area contributed by atoms with E-state index in [2.05, 4.69) is 10.3 Å². The van der Waals surface area contributed by atoms with Gasteiger partial charge in [0.2, 0.25) is 0 Å². The highest BCUT2D eigenvalue weighted by molar-refractivity contribution is 7.18. The third-order valence-corrected chi connectivity index (χ3v) is 4.81. The normalized spacial score (nSPS) is 10.7. The second kappa shape index (κ2) is 8.75. The fourth-order valence-corrected chi connectivity index (χ4v) is 3.44. The largest absolute Gasteiger partial charge is 0.454 e. The van der Waals surface area contributed by atoms with Crippen molar-refractivity contribution in [1.82, 2.24) is 4.98 Å². The first-order valence-electron chi connectivity index (χ1n) is 8.46. The maximum Gasteiger partial charge on any atom is 0.332 e. The van der Waals surface area contributed by atoms with E-state index in [-0.39, 0.29) is 25.7 Å². The van der Waals surface area contributed by atoms with Gasteiger partial charge in [-0.2, -0.15) is 0 Å². The Balaban J connectivity index is 1.39. The van der Waals surface area contributed by atoms with Crippen molar-refractivity contribution in [3.8, 4) is 0 Å². The van der Waals surface area contributed by atoms with Crippen LogP contribution in [0, 0.1) is 13.8 Å². The van der Waals surface area contributed by atoms with Crippen molar-refractivity contribution >= 4 is 39.1 Å². The molecule has 0 aliphatic carbocycles. The fraction of sp³-hybridized carbons (Fsp3) is 0.250. The lowest BCUT2D eigenvalue weighted by Gasteiger charge is -2.09. The van der Waals surface area contributed by atoms with Gasteiger partial charge in [0.05, 0.1) is 16.8 Å². The Kier molecular flexibility index (Phi) is 6.16. The maximum atomic E-state index is 11.9. The summed E-state index contributed by atoms with van der Waals surface area (Å²) < 4.78 is 11.4. The van der Waals surface area contributed by atoms with Crippen LogP contribution in [-0.4, -0.2) is 30.1 Å². The number of nitrogens with one attached hydrogen (secondary N) is 1. The maximum absolute atomic E-state index is 11.9. The van der Waals surface area contributed by atoms with Gasteiger partial charge in [-0.15, -0.1) is 11.3 Å². The summed E-state index contributed by atoms with van der Waals surface area (Å²) in [6.07, 6.45) is 0. The number of fused-ring (bicyclic) bond motifs is 1. The van der Waals surface area contributed by atoms with Gasteiger partial charge in [-0.3, -0.25) is 4.79 Å². The van der Waals surface area contributed by atoms with Gasteiger partial charge in [0, 0.05) is 5.69 Å². The molecule has 27 heavy (non-hydrogen) atoms. The predicted molar refractivity (Wildman–Crippen MR) is 105 cm³/mol. The third kappa shape index (κ3) is 5.35. The quantitative estimate of drug-likeness (QED) is 0.630. The first-order chi connectivity index (χ1) is 13.0. The van der Waals surface area contributed by atoms with E-state index in [0.717, 1.165) is 26.4 Å². The Bertz CT molecular complexity index is 935. The summed E-state index contributed by atoms with van der Waals surface area (Å²) in [6.45, 7) is 3.53. The van der Waals surface area contributed by atoms with E-state index < -0.39 is 5.97 Å². The highest BCUT2D eigenvalue weighted by Crippen LogP contribution is 2.21. The van der Waals surface area contributed by atoms with E-state index >= 15 is 0 Å². The van der Waals surface area contributed by atoms with Crippen molar-refractivity contribution in [2.24, 2.45) is 0 Å². The lowest BCUT2D eigenvalue weighted by atomic mass is 10.1. The number of thiazole rings is 1. The molecule has 0 aliphatic heterocycles. The van der Waals surface area contributed by atoms with E-state index in [0.29, 0.717) is 5.69 Å². The van der Waals surface area contributed by atoms with Crippen molar-refractivity contribution in [3.05, 3.63) is 58.6 Å². The Labute approximate surface area is 161 Å². The molecule has 1 N–H and O–H groups in total. The van der Waals surface area contributed by atoms with Gasteiger partial charge in [-0.25, -0.2) is 9.78 Å². The van der Waals surface area contributed by atoms with Crippen LogP contribution in [0.3, 0.4) is 0 Å². The number of para-hydroxylation sites is 1. The highest BCUT2D eigenvalue weighted by atomic mass is 32.1. The standard InChI is InChI=1S/C20H20N2O4S/c1-13-7-8-15(14(2)9-13)21-18(23)10-26-20(24)12-25-11-19-22-16-5-3-4-6-17(16)27-19/h3-9H,10-12H2,1-2H3,(H,21,23). The van der Waals surface area contributed by atoms with E-state index in [4.69, 9.17) is 9.47 Å². The minimum atomic E-state index is -0.591. The molecular weight excluding hydrogens is 364 g/mol. The van der Waals surface area contributed by atoms with Crippen LogP contribution in [0.5, 0.6) is 0 Å². The molecule has 1 heterocycles. The zero-order valence-corrected chi connectivity index (χ0v) is 16.0. The Morgan fingerprint density at radius 2 is 1.93 bits per heavy atom. The Hall–Kier alpha value is -2.77. The van der Waals surface area contributed by atoms with Crippen molar-refractivity contribution in [1.29, 1.82) is 0 Å². The van der Waals surface area contributed by atoms with E-state index in [1.165, 1.54) is 11.3 Å². The second-order valence-electron chi connectivity index (χ2n) is 6.10. The zero-order valence-electron chi connectivity index (χ0n) is 15.2.